The molecule has 6 nitrogen and oxygen atoms in total. The van der Waals surface area contributed by atoms with E-state index in [1.165, 1.54) is 47.9 Å². The molecule has 8 heteroatoms. The van der Waals surface area contributed by atoms with Gasteiger partial charge in [0.15, 0.2) is 0 Å². The molecule has 0 radical (unpaired) electrons. The molecule has 2 aliphatic carbocycles. The van der Waals surface area contributed by atoms with Gasteiger partial charge >= 0.3 is 0 Å². The lowest BCUT2D eigenvalue weighted by molar-refractivity contribution is 0.531. The van der Waals surface area contributed by atoms with Crippen molar-refractivity contribution in [2.75, 3.05) is 0 Å². The average molecular weight is 388 g/mol. The van der Waals surface area contributed by atoms with Crippen LogP contribution in [0.15, 0.2) is 9.95 Å². The van der Waals surface area contributed by atoms with Gasteiger partial charge < -0.3 is 4.98 Å². The van der Waals surface area contributed by atoms with Crippen molar-refractivity contribution in [3.63, 3.8) is 0 Å². The zero-order valence-corrected chi connectivity index (χ0v) is 16.1. The summed E-state index contributed by atoms with van der Waals surface area (Å²) in [6.07, 6.45) is 9.54. The minimum atomic E-state index is 0.00177. The molecule has 0 aliphatic heterocycles. The van der Waals surface area contributed by atoms with Gasteiger partial charge in [-0.25, -0.2) is 9.97 Å². The molecule has 1 fully saturated rings. The van der Waals surface area contributed by atoms with Gasteiger partial charge in [-0.15, -0.1) is 16.4 Å². The van der Waals surface area contributed by atoms with E-state index in [-0.39, 0.29) is 5.56 Å². The van der Waals surface area contributed by atoms with E-state index in [4.69, 9.17) is 0 Å². The van der Waals surface area contributed by atoms with E-state index in [1.807, 2.05) is 0 Å². The second-order valence-corrected chi connectivity index (χ2v) is 9.28. The molecule has 136 valence electrons. The van der Waals surface area contributed by atoms with Crippen molar-refractivity contribution in [1.29, 1.82) is 0 Å². The Labute approximate surface area is 159 Å². The summed E-state index contributed by atoms with van der Waals surface area (Å²) in [4.78, 5) is 26.9. The number of hydrogen-bond donors (Lipinski definition) is 2. The van der Waals surface area contributed by atoms with Gasteiger partial charge in [-0.05, 0) is 30.7 Å². The van der Waals surface area contributed by atoms with Crippen LogP contribution in [0, 0.1) is 5.92 Å². The van der Waals surface area contributed by atoms with Gasteiger partial charge in [0.05, 0.1) is 11.1 Å². The molecule has 3 heterocycles. The zero-order valence-electron chi connectivity index (χ0n) is 14.5. The van der Waals surface area contributed by atoms with Crippen molar-refractivity contribution in [1.82, 2.24) is 25.1 Å². The number of nitrogens with one attached hydrogen (secondary N) is 2. The topological polar surface area (TPSA) is 87.3 Å². The number of hydrogen-bond acceptors (Lipinski definition) is 6. The molecule has 0 saturated heterocycles. The number of rotatable bonds is 5. The molecule has 5 rings (SSSR count). The van der Waals surface area contributed by atoms with Crippen molar-refractivity contribution in [3.05, 3.63) is 32.4 Å². The van der Waals surface area contributed by atoms with Crippen LogP contribution in [0.1, 0.15) is 54.2 Å². The first kappa shape index (κ1) is 16.5. The number of aryl methyl sites for hydroxylation is 2. The fourth-order valence-corrected chi connectivity index (χ4v) is 6.14. The molecule has 0 aromatic carbocycles. The number of aromatic amines is 2. The highest BCUT2D eigenvalue weighted by molar-refractivity contribution is 7.98. The minimum absolute atomic E-state index is 0.00177. The highest BCUT2D eigenvalue weighted by Crippen LogP contribution is 2.34. The standard InChI is InChI=1S/C18H21N5OS2/c24-16-15-11-6-3-7-12(11)26-17(15)20-14(19-16)9-25-18-21-13(22-23-18)8-10-4-1-2-5-10/h10H,1-9H2,(H,19,20,24)(H,21,22,23). The monoisotopic (exact) mass is 387 g/mol. The van der Waals surface area contributed by atoms with Crippen LogP contribution in [0.25, 0.3) is 10.2 Å². The molecule has 3 aromatic heterocycles. The van der Waals surface area contributed by atoms with E-state index in [0.717, 1.165) is 52.8 Å². The Hall–Kier alpha value is -1.67. The Morgan fingerprint density at radius 3 is 2.88 bits per heavy atom. The van der Waals surface area contributed by atoms with Crippen molar-refractivity contribution >= 4 is 33.3 Å². The summed E-state index contributed by atoms with van der Waals surface area (Å²) in [6, 6.07) is 0. The molecular weight excluding hydrogens is 366 g/mol. The van der Waals surface area contributed by atoms with Crippen LogP contribution in [0.2, 0.25) is 0 Å². The fourth-order valence-electron chi connectivity index (χ4n) is 4.17. The molecule has 1 saturated carbocycles. The normalized spacial score (nSPS) is 17.4. The maximum atomic E-state index is 12.5. The van der Waals surface area contributed by atoms with E-state index in [1.54, 1.807) is 11.3 Å². The minimum Gasteiger partial charge on any atom is -0.309 e. The van der Waals surface area contributed by atoms with Crippen LogP contribution in [-0.4, -0.2) is 25.1 Å². The van der Waals surface area contributed by atoms with Crippen LogP contribution >= 0.6 is 23.1 Å². The molecule has 0 bridgehead atoms. The molecule has 0 spiro atoms. The Bertz CT molecular complexity index is 999. The lowest BCUT2D eigenvalue weighted by Crippen LogP contribution is -2.11. The molecule has 3 aromatic rings. The van der Waals surface area contributed by atoms with Crippen molar-refractivity contribution in [3.8, 4) is 0 Å². The quantitative estimate of drug-likeness (QED) is 0.653. The highest BCUT2D eigenvalue weighted by atomic mass is 32.2. The van der Waals surface area contributed by atoms with Crippen molar-refractivity contribution in [2.24, 2.45) is 5.92 Å². The third-order valence-corrected chi connectivity index (χ3v) is 7.47. The fraction of sp³-hybridized carbons (Fsp3) is 0.556. The van der Waals surface area contributed by atoms with Gasteiger partial charge in [0.25, 0.3) is 5.56 Å². The summed E-state index contributed by atoms with van der Waals surface area (Å²) in [5.74, 6) is 3.01. The first-order valence-electron chi connectivity index (χ1n) is 9.34. The van der Waals surface area contributed by atoms with E-state index >= 15 is 0 Å². The van der Waals surface area contributed by atoms with Gasteiger partial charge in [-0.3, -0.25) is 9.89 Å². The molecule has 2 N–H and O–H groups in total. The summed E-state index contributed by atoms with van der Waals surface area (Å²) in [6.45, 7) is 0. The largest absolute Gasteiger partial charge is 0.309 e. The van der Waals surface area contributed by atoms with Crippen LogP contribution in [0.4, 0.5) is 0 Å². The Kier molecular flexibility index (Phi) is 4.32. The number of nitrogens with zero attached hydrogens (tertiary/aromatic N) is 3. The lowest BCUT2D eigenvalue weighted by Gasteiger charge is -2.04. The van der Waals surface area contributed by atoms with Crippen LogP contribution < -0.4 is 5.56 Å². The van der Waals surface area contributed by atoms with Crippen molar-refractivity contribution in [2.45, 2.75) is 62.3 Å². The molecule has 26 heavy (non-hydrogen) atoms. The maximum absolute atomic E-state index is 12.5. The van der Waals surface area contributed by atoms with Gasteiger partial charge in [0, 0.05) is 11.3 Å². The number of aromatic nitrogens is 5. The SMILES string of the molecule is O=c1[nH]c(CSc2n[nH]c(CC3CCCC3)n2)nc2sc3c(c12)CCC3. The van der Waals surface area contributed by atoms with Crippen LogP contribution in [0.3, 0.4) is 0 Å². The van der Waals surface area contributed by atoms with E-state index in [9.17, 15) is 4.79 Å². The second kappa shape index (κ2) is 6.81. The molecule has 0 atom stereocenters. The predicted octanol–water partition coefficient (Wildman–Crippen LogP) is 3.62. The number of fused-ring (bicyclic) bond motifs is 3. The Balaban J connectivity index is 1.29. The summed E-state index contributed by atoms with van der Waals surface area (Å²) >= 11 is 3.20. The molecule has 0 unspecified atom stereocenters. The highest BCUT2D eigenvalue weighted by Gasteiger charge is 2.21. The van der Waals surface area contributed by atoms with Gasteiger partial charge in [-0.2, -0.15) is 0 Å². The van der Waals surface area contributed by atoms with E-state index in [2.05, 4.69) is 25.1 Å². The first-order chi connectivity index (χ1) is 12.8. The zero-order chi connectivity index (χ0) is 17.5. The van der Waals surface area contributed by atoms with Crippen LogP contribution in [-0.2, 0) is 25.0 Å². The third-order valence-electron chi connectivity index (χ3n) is 5.43. The van der Waals surface area contributed by atoms with Gasteiger partial charge in [0.1, 0.15) is 16.5 Å². The average Bonchev–Trinajstić information content (AvgIpc) is 3.38. The number of thiophene rings is 1. The second-order valence-electron chi connectivity index (χ2n) is 7.26. The van der Waals surface area contributed by atoms with E-state index in [0.29, 0.717) is 11.6 Å². The molecule has 0 amide bonds. The summed E-state index contributed by atoms with van der Waals surface area (Å²) < 4.78 is 0. The maximum Gasteiger partial charge on any atom is 0.259 e. The predicted molar refractivity (Wildman–Crippen MR) is 104 cm³/mol. The lowest BCUT2D eigenvalue weighted by atomic mass is 10.0. The summed E-state index contributed by atoms with van der Waals surface area (Å²) in [5.41, 5.74) is 1.23. The Morgan fingerprint density at radius 1 is 1.12 bits per heavy atom. The number of thioether (sulfide) groups is 1. The van der Waals surface area contributed by atoms with Crippen molar-refractivity contribution < 1.29 is 0 Å². The van der Waals surface area contributed by atoms with Gasteiger partial charge in [0.2, 0.25) is 5.16 Å². The molecular formula is C18H21N5OS2. The van der Waals surface area contributed by atoms with Crippen LogP contribution in [0.5, 0.6) is 0 Å². The number of H-pyrrole nitrogens is 2. The summed E-state index contributed by atoms with van der Waals surface area (Å²) in [7, 11) is 0. The first-order valence-corrected chi connectivity index (χ1v) is 11.1. The summed E-state index contributed by atoms with van der Waals surface area (Å²) in [5, 5.41) is 8.92. The third kappa shape index (κ3) is 3.09. The van der Waals surface area contributed by atoms with E-state index < -0.39 is 0 Å². The smallest absolute Gasteiger partial charge is 0.259 e. The molecule has 2 aliphatic rings. The van der Waals surface area contributed by atoms with Gasteiger partial charge in [-0.1, -0.05) is 37.4 Å². The Morgan fingerprint density at radius 2 is 2.00 bits per heavy atom.